The summed E-state index contributed by atoms with van der Waals surface area (Å²) in [5.74, 6) is -0.875. The van der Waals surface area contributed by atoms with Crippen molar-refractivity contribution in [2.45, 2.75) is 25.8 Å². The Balaban J connectivity index is 2.19. The summed E-state index contributed by atoms with van der Waals surface area (Å²) in [7, 11) is 0. The molecule has 1 fully saturated rings. The SMILES string of the molecule is Cc1cc(C(=O)O)ccc1N1CCC(N)CC1. The number of hydrogen-bond acceptors (Lipinski definition) is 3. The Labute approximate surface area is 101 Å². The van der Waals surface area contributed by atoms with E-state index in [1.165, 1.54) is 0 Å². The maximum absolute atomic E-state index is 10.9. The van der Waals surface area contributed by atoms with E-state index in [-0.39, 0.29) is 0 Å². The van der Waals surface area contributed by atoms with E-state index in [0.717, 1.165) is 37.2 Å². The zero-order chi connectivity index (χ0) is 12.4. The molecule has 1 aromatic rings. The highest BCUT2D eigenvalue weighted by Gasteiger charge is 2.18. The van der Waals surface area contributed by atoms with Crippen LogP contribution in [-0.2, 0) is 0 Å². The minimum Gasteiger partial charge on any atom is -0.478 e. The summed E-state index contributed by atoms with van der Waals surface area (Å²) in [5, 5.41) is 8.92. The fourth-order valence-corrected chi connectivity index (χ4v) is 2.28. The van der Waals surface area contributed by atoms with Crippen LogP contribution in [0.1, 0.15) is 28.8 Å². The number of nitrogens with two attached hydrogens (primary N) is 1. The molecule has 1 aliphatic rings. The van der Waals surface area contributed by atoms with Gasteiger partial charge in [0.2, 0.25) is 0 Å². The molecule has 0 bridgehead atoms. The van der Waals surface area contributed by atoms with Crippen LogP contribution in [0.5, 0.6) is 0 Å². The van der Waals surface area contributed by atoms with Gasteiger partial charge in [-0.1, -0.05) is 0 Å². The van der Waals surface area contributed by atoms with E-state index >= 15 is 0 Å². The van der Waals surface area contributed by atoms with Gasteiger partial charge in [-0.05, 0) is 43.5 Å². The molecule has 3 N–H and O–H groups in total. The molecule has 1 aliphatic heterocycles. The summed E-state index contributed by atoms with van der Waals surface area (Å²) < 4.78 is 0. The lowest BCUT2D eigenvalue weighted by atomic mass is 10.0. The summed E-state index contributed by atoms with van der Waals surface area (Å²) >= 11 is 0. The van der Waals surface area contributed by atoms with E-state index in [1.807, 2.05) is 13.0 Å². The van der Waals surface area contributed by atoms with Crippen LogP contribution in [0.3, 0.4) is 0 Å². The summed E-state index contributed by atoms with van der Waals surface area (Å²) in [6, 6.07) is 5.60. The molecule has 1 saturated heterocycles. The second kappa shape index (κ2) is 4.75. The van der Waals surface area contributed by atoms with Gasteiger partial charge in [0.15, 0.2) is 0 Å². The maximum atomic E-state index is 10.9. The van der Waals surface area contributed by atoms with Crippen molar-refractivity contribution in [3.8, 4) is 0 Å². The molecule has 17 heavy (non-hydrogen) atoms. The number of carboxylic acid groups (broad SMARTS) is 1. The van der Waals surface area contributed by atoms with Gasteiger partial charge in [0.1, 0.15) is 0 Å². The fraction of sp³-hybridized carbons (Fsp3) is 0.462. The van der Waals surface area contributed by atoms with E-state index in [4.69, 9.17) is 10.8 Å². The monoisotopic (exact) mass is 234 g/mol. The highest BCUT2D eigenvalue weighted by molar-refractivity contribution is 5.88. The van der Waals surface area contributed by atoms with E-state index in [2.05, 4.69) is 4.90 Å². The van der Waals surface area contributed by atoms with Crippen LogP contribution < -0.4 is 10.6 Å². The number of carbonyl (C=O) groups is 1. The van der Waals surface area contributed by atoms with Crippen LogP contribution in [0.4, 0.5) is 5.69 Å². The number of hydrogen-bond donors (Lipinski definition) is 2. The third kappa shape index (κ3) is 2.58. The van der Waals surface area contributed by atoms with Crippen molar-refractivity contribution in [3.63, 3.8) is 0 Å². The number of aryl methyl sites for hydroxylation is 1. The highest BCUT2D eigenvalue weighted by Crippen LogP contribution is 2.24. The van der Waals surface area contributed by atoms with Gasteiger partial charge < -0.3 is 15.7 Å². The Kier molecular flexibility index (Phi) is 3.33. The first-order chi connectivity index (χ1) is 8.08. The fourth-order valence-electron chi connectivity index (χ4n) is 2.28. The minimum atomic E-state index is -0.875. The first-order valence-electron chi connectivity index (χ1n) is 5.92. The summed E-state index contributed by atoms with van der Waals surface area (Å²) in [4.78, 5) is 13.1. The largest absolute Gasteiger partial charge is 0.478 e. The molecule has 1 aromatic carbocycles. The number of aromatic carboxylic acids is 1. The van der Waals surface area contributed by atoms with Crippen LogP contribution in [-0.4, -0.2) is 30.2 Å². The van der Waals surface area contributed by atoms with Crippen molar-refractivity contribution in [3.05, 3.63) is 29.3 Å². The molecule has 92 valence electrons. The Bertz CT molecular complexity index is 423. The van der Waals surface area contributed by atoms with Crippen molar-refractivity contribution < 1.29 is 9.90 Å². The standard InChI is InChI=1S/C13H18N2O2/c1-9-8-10(13(16)17)2-3-12(9)15-6-4-11(14)5-7-15/h2-3,8,11H,4-7,14H2,1H3,(H,16,17). The van der Waals surface area contributed by atoms with Crippen LogP contribution >= 0.6 is 0 Å². The molecule has 0 aliphatic carbocycles. The van der Waals surface area contributed by atoms with E-state index < -0.39 is 5.97 Å². The average molecular weight is 234 g/mol. The Morgan fingerprint density at radius 3 is 2.59 bits per heavy atom. The predicted molar refractivity (Wildman–Crippen MR) is 67.6 cm³/mol. The van der Waals surface area contributed by atoms with Crippen LogP contribution in [0, 0.1) is 6.92 Å². The quantitative estimate of drug-likeness (QED) is 0.816. The number of carboxylic acids is 1. The number of benzene rings is 1. The Morgan fingerprint density at radius 1 is 1.41 bits per heavy atom. The summed E-state index contributed by atoms with van der Waals surface area (Å²) in [6.07, 6.45) is 2.00. The molecule has 4 nitrogen and oxygen atoms in total. The number of rotatable bonds is 2. The third-order valence-corrected chi connectivity index (χ3v) is 3.32. The maximum Gasteiger partial charge on any atom is 0.335 e. The number of piperidine rings is 1. The van der Waals surface area contributed by atoms with Gasteiger partial charge in [0.25, 0.3) is 0 Å². The second-order valence-electron chi connectivity index (χ2n) is 4.63. The summed E-state index contributed by atoms with van der Waals surface area (Å²) in [5.41, 5.74) is 8.36. The molecule has 0 atom stereocenters. The lowest BCUT2D eigenvalue weighted by molar-refractivity contribution is 0.0697. The first-order valence-corrected chi connectivity index (χ1v) is 5.92. The highest BCUT2D eigenvalue weighted by atomic mass is 16.4. The van der Waals surface area contributed by atoms with Crippen molar-refractivity contribution in [2.75, 3.05) is 18.0 Å². The molecule has 0 aromatic heterocycles. The van der Waals surface area contributed by atoms with Crippen LogP contribution in [0.25, 0.3) is 0 Å². The summed E-state index contributed by atoms with van der Waals surface area (Å²) in [6.45, 7) is 3.86. The molecule has 0 saturated carbocycles. The zero-order valence-electron chi connectivity index (χ0n) is 10.0. The normalized spacial score (nSPS) is 17.2. The van der Waals surface area contributed by atoms with Crippen LogP contribution in [0.15, 0.2) is 18.2 Å². The molecule has 4 heteroatoms. The smallest absolute Gasteiger partial charge is 0.335 e. The van der Waals surface area contributed by atoms with Gasteiger partial charge in [-0.15, -0.1) is 0 Å². The number of anilines is 1. The molecule has 1 heterocycles. The van der Waals surface area contributed by atoms with E-state index in [1.54, 1.807) is 12.1 Å². The molecular weight excluding hydrogens is 216 g/mol. The third-order valence-electron chi connectivity index (χ3n) is 3.32. The lowest BCUT2D eigenvalue weighted by Gasteiger charge is -2.33. The van der Waals surface area contributed by atoms with Crippen molar-refractivity contribution in [2.24, 2.45) is 5.73 Å². The second-order valence-corrected chi connectivity index (χ2v) is 4.63. The number of nitrogens with zero attached hydrogens (tertiary/aromatic N) is 1. The molecule has 2 rings (SSSR count). The van der Waals surface area contributed by atoms with Gasteiger partial charge in [-0.2, -0.15) is 0 Å². The van der Waals surface area contributed by atoms with Gasteiger partial charge in [0, 0.05) is 24.8 Å². The van der Waals surface area contributed by atoms with Crippen molar-refractivity contribution >= 4 is 11.7 Å². The molecule has 0 amide bonds. The van der Waals surface area contributed by atoms with Gasteiger partial charge >= 0.3 is 5.97 Å². The predicted octanol–water partition coefficient (Wildman–Crippen LogP) is 1.62. The molecular formula is C13H18N2O2. The van der Waals surface area contributed by atoms with Crippen molar-refractivity contribution in [1.82, 2.24) is 0 Å². The van der Waals surface area contributed by atoms with Gasteiger partial charge in [0.05, 0.1) is 5.56 Å². The van der Waals surface area contributed by atoms with Gasteiger partial charge in [-0.25, -0.2) is 4.79 Å². The molecule has 0 spiro atoms. The Hall–Kier alpha value is -1.55. The minimum absolute atomic E-state index is 0.310. The molecule has 0 unspecified atom stereocenters. The zero-order valence-corrected chi connectivity index (χ0v) is 10.0. The van der Waals surface area contributed by atoms with Crippen molar-refractivity contribution in [1.29, 1.82) is 0 Å². The first kappa shape index (κ1) is 11.9. The molecule has 0 radical (unpaired) electrons. The Morgan fingerprint density at radius 2 is 2.06 bits per heavy atom. The van der Waals surface area contributed by atoms with E-state index in [0.29, 0.717) is 11.6 Å². The van der Waals surface area contributed by atoms with Gasteiger partial charge in [-0.3, -0.25) is 0 Å². The van der Waals surface area contributed by atoms with E-state index in [9.17, 15) is 4.79 Å². The van der Waals surface area contributed by atoms with Crippen LogP contribution in [0.2, 0.25) is 0 Å². The lowest BCUT2D eigenvalue weighted by Crippen LogP contribution is -2.39. The topological polar surface area (TPSA) is 66.6 Å². The average Bonchev–Trinajstić information content (AvgIpc) is 2.30.